The van der Waals surface area contributed by atoms with Gasteiger partial charge in [-0.15, -0.1) is 0 Å². The lowest BCUT2D eigenvalue weighted by Gasteiger charge is -2.01. The third-order valence-corrected chi connectivity index (χ3v) is 1.02. The molecule has 2 N–H and O–H groups in total. The van der Waals surface area contributed by atoms with Gasteiger partial charge in [0.25, 0.3) is 6.08 Å². The molecule has 72 valence electrons. The fourth-order valence-electron chi connectivity index (χ4n) is 0.449. The van der Waals surface area contributed by atoms with Crippen LogP contribution < -0.4 is 10.7 Å². The van der Waals surface area contributed by atoms with Crippen molar-refractivity contribution in [3.05, 3.63) is 0 Å². The van der Waals surface area contributed by atoms with Crippen LogP contribution >= 0.6 is 0 Å². The minimum Gasteiger partial charge on any atom is -0.468 e. The topological polar surface area (TPSA) is 96.9 Å². The summed E-state index contributed by atoms with van der Waals surface area (Å²) in [6, 6.07) is 0. The van der Waals surface area contributed by atoms with E-state index < -0.39 is 11.9 Å². The number of nitrogens with zero attached hydrogens (tertiary/aromatic N) is 1. The Morgan fingerprint density at radius 1 is 1.46 bits per heavy atom. The quantitative estimate of drug-likeness (QED) is 0.227. The van der Waals surface area contributed by atoms with Crippen molar-refractivity contribution in [2.45, 2.75) is 0 Å². The Morgan fingerprint density at radius 2 is 2.15 bits per heavy atom. The van der Waals surface area contributed by atoms with Crippen LogP contribution in [0.4, 0.5) is 0 Å². The lowest BCUT2D eigenvalue weighted by atomic mass is 10.5. The van der Waals surface area contributed by atoms with Crippen molar-refractivity contribution < 1.29 is 19.1 Å². The molecule has 0 unspecified atom stereocenters. The highest BCUT2D eigenvalue weighted by molar-refractivity contribution is 5.83. The molecule has 0 spiro atoms. The van der Waals surface area contributed by atoms with Gasteiger partial charge in [0.2, 0.25) is 5.91 Å². The number of rotatable bonds is 5. The van der Waals surface area contributed by atoms with E-state index in [4.69, 9.17) is 0 Å². The van der Waals surface area contributed by atoms with Gasteiger partial charge < -0.3 is 10.1 Å². The van der Waals surface area contributed by atoms with Crippen LogP contribution in [-0.2, 0) is 19.1 Å². The number of carbonyl (C=O) groups excluding carboxylic acids is 3. The third-order valence-electron chi connectivity index (χ3n) is 1.02. The first-order valence-electron chi connectivity index (χ1n) is 3.34. The lowest BCUT2D eigenvalue weighted by Crippen LogP contribution is -2.35. The predicted octanol–water partition coefficient (Wildman–Crippen LogP) is -1.88. The van der Waals surface area contributed by atoms with Crippen LogP contribution in [0.2, 0.25) is 0 Å². The molecule has 13 heavy (non-hydrogen) atoms. The van der Waals surface area contributed by atoms with Crippen molar-refractivity contribution in [3.8, 4) is 0 Å². The maximum absolute atomic E-state index is 10.8. The van der Waals surface area contributed by atoms with Gasteiger partial charge in [0.1, 0.15) is 13.1 Å². The molecule has 0 saturated heterocycles. The number of ether oxygens (including phenoxy) is 1. The Morgan fingerprint density at radius 3 is 2.69 bits per heavy atom. The molecule has 0 aliphatic heterocycles. The number of methoxy groups -OCH3 is 1. The van der Waals surface area contributed by atoms with Gasteiger partial charge in [-0.05, 0) is 0 Å². The van der Waals surface area contributed by atoms with E-state index in [-0.39, 0.29) is 13.1 Å². The smallest absolute Gasteiger partial charge is 0.325 e. The van der Waals surface area contributed by atoms with Crippen molar-refractivity contribution >= 4 is 18.0 Å². The molecule has 0 aromatic rings. The van der Waals surface area contributed by atoms with Crippen molar-refractivity contribution in [1.82, 2.24) is 10.7 Å². The summed E-state index contributed by atoms with van der Waals surface area (Å²) < 4.78 is 4.27. The van der Waals surface area contributed by atoms with Crippen molar-refractivity contribution in [3.63, 3.8) is 0 Å². The van der Waals surface area contributed by atoms with Gasteiger partial charge in [-0.3, -0.25) is 15.0 Å². The summed E-state index contributed by atoms with van der Waals surface area (Å²) in [5, 5.41) is 5.15. The first-order chi connectivity index (χ1) is 6.20. The van der Waals surface area contributed by atoms with Crippen LogP contribution in [0.1, 0.15) is 0 Å². The SMILES string of the molecule is COC(=O)CNC(=O)CNN=C=O. The van der Waals surface area contributed by atoms with Gasteiger partial charge in [0, 0.05) is 0 Å². The number of isocyanates is 1. The Kier molecular flexibility index (Phi) is 5.82. The summed E-state index contributed by atoms with van der Waals surface area (Å²) in [7, 11) is 1.21. The summed E-state index contributed by atoms with van der Waals surface area (Å²) in [5.41, 5.74) is 2.11. The van der Waals surface area contributed by atoms with E-state index in [1.807, 2.05) is 0 Å². The number of hydrazone groups is 1. The van der Waals surface area contributed by atoms with Crippen LogP contribution in [0.5, 0.6) is 0 Å². The summed E-state index contributed by atoms with van der Waals surface area (Å²) in [6.45, 7) is -0.395. The van der Waals surface area contributed by atoms with Crippen LogP contribution in [0.25, 0.3) is 0 Å². The van der Waals surface area contributed by atoms with Crippen molar-refractivity contribution in [2.24, 2.45) is 5.10 Å². The molecule has 0 rings (SSSR count). The molecule has 0 aliphatic carbocycles. The molecule has 1 amide bonds. The number of hydrogen-bond acceptors (Lipinski definition) is 6. The summed E-state index contributed by atoms with van der Waals surface area (Å²) in [6.07, 6.45) is 1.19. The van der Waals surface area contributed by atoms with Crippen molar-refractivity contribution in [1.29, 1.82) is 0 Å². The normalized spacial score (nSPS) is 8.08. The average Bonchev–Trinajstić information content (AvgIpc) is 2.14. The molecule has 0 saturated carbocycles. The number of nitrogens with one attached hydrogen (secondary N) is 2. The van der Waals surface area contributed by atoms with E-state index in [0.717, 1.165) is 0 Å². The summed E-state index contributed by atoms with van der Waals surface area (Å²) in [5.74, 6) is -1.02. The number of amides is 1. The Labute approximate surface area is 74.1 Å². The fraction of sp³-hybridized carbons (Fsp3) is 0.500. The molecule has 0 aromatic heterocycles. The molecule has 0 radical (unpaired) electrons. The number of carbonyl (C=O) groups is 2. The van der Waals surface area contributed by atoms with Gasteiger partial charge in [-0.1, -0.05) is 5.10 Å². The van der Waals surface area contributed by atoms with Gasteiger partial charge >= 0.3 is 5.97 Å². The molecular formula is C6H9N3O4. The maximum Gasteiger partial charge on any atom is 0.325 e. The predicted molar refractivity (Wildman–Crippen MR) is 41.1 cm³/mol. The first-order valence-corrected chi connectivity index (χ1v) is 3.34. The van der Waals surface area contributed by atoms with E-state index in [1.54, 1.807) is 0 Å². The molecule has 0 aliphatic rings. The molecular weight excluding hydrogens is 178 g/mol. The summed E-state index contributed by atoms with van der Waals surface area (Å²) >= 11 is 0. The Hall–Kier alpha value is -1.88. The molecule has 0 atom stereocenters. The van der Waals surface area contributed by atoms with Crippen LogP contribution in [0.3, 0.4) is 0 Å². The molecule has 0 bridgehead atoms. The zero-order valence-electron chi connectivity index (χ0n) is 6.99. The van der Waals surface area contributed by atoms with Crippen LogP contribution in [0, 0.1) is 0 Å². The van der Waals surface area contributed by atoms with Gasteiger partial charge in [-0.25, -0.2) is 4.79 Å². The highest BCUT2D eigenvalue weighted by Crippen LogP contribution is 1.70. The Balaban J connectivity index is 3.51. The van der Waals surface area contributed by atoms with Gasteiger partial charge in [0.15, 0.2) is 0 Å². The largest absolute Gasteiger partial charge is 0.468 e. The van der Waals surface area contributed by atoms with E-state index in [1.165, 1.54) is 13.2 Å². The third kappa shape index (κ3) is 6.52. The standard InChI is InChI=1S/C6H9N3O4/c1-13-6(12)3-7-5(11)2-8-9-4-10/h8H,2-3H2,1H3,(H,7,11). The van der Waals surface area contributed by atoms with Gasteiger partial charge in [-0.2, -0.15) is 0 Å². The fourth-order valence-corrected chi connectivity index (χ4v) is 0.449. The van der Waals surface area contributed by atoms with E-state index in [0.29, 0.717) is 0 Å². The number of hydrogen-bond donors (Lipinski definition) is 2. The minimum atomic E-state index is -0.549. The van der Waals surface area contributed by atoms with Crippen LogP contribution in [0.15, 0.2) is 5.10 Å². The van der Waals surface area contributed by atoms with E-state index in [9.17, 15) is 14.4 Å². The summed E-state index contributed by atoms with van der Waals surface area (Å²) in [4.78, 5) is 30.8. The number of esters is 1. The minimum absolute atomic E-state index is 0.188. The average molecular weight is 187 g/mol. The second-order valence-electron chi connectivity index (χ2n) is 1.89. The maximum atomic E-state index is 10.8. The molecule has 0 heterocycles. The highest BCUT2D eigenvalue weighted by atomic mass is 16.5. The molecule has 7 nitrogen and oxygen atoms in total. The second kappa shape index (κ2) is 6.81. The van der Waals surface area contributed by atoms with Gasteiger partial charge in [0.05, 0.1) is 7.11 Å². The molecule has 7 heteroatoms. The molecule has 0 aromatic carbocycles. The second-order valence-corrected chi connectivity index (χ2v) is 1.89. The first kappa shape index (κ1) is 11.1. The zero-order chi connectivity index (χ0) is 10.1. The van der Waals surface area contributed by atoms with E-state index in [2.05, 4.69) is 20.6 Å². The van der Waals surface area contributed by atoms with E-state index >= 15 is 0 Å². The van der Waals surface area contributed by atoms with Crippen molar-refractivity contribution in [2.75, 3.05) is 20.2 Å². The Bertz CT molecular complexity index is 234. The lowest BCUT2D eigenvalue weighted by molar-refractivity contribution is -0.141. The zero-order valence-corrected chi connectivity index (χ0v) is 6.99. The molecule has 0 fully saturated rings. The van der Waals surface area contributed by atoms with Crippen LogP contribution in [-0.4, -0.2) is 38.2 Å². The monoisotopic (exact) mass is 187 g/mol. The highest BCUT2D eigenvalue weighted by Gasteiger charge is 2.03.